The van der Waals surface area contributed by atoms with Gasteiger partial charge in [0, 0.05) is 13.5 Å². The molecule has 0 radical (unpaired) electrons. The second-order valence-corrected chi connectivity index (χ2v) is 6.08. The Hall–Kier alpha value is -0.500. The fourth-order valence-electron chi connectivity index (χ4n) is 1.29. The fraction of sp³-hybridized carbons (Fsp3) is 0.917. The number of carbonyl (C=O) groups is 1. The maximum atomic E-state index is 11.3. The van der Waals surface area contributed by atoms with E-state index in [0.717, 1.165) is 0 Å². The summed E-state index contributed by atoms with van der Waals surface area (Å²) in [4.78, 5) is 19.8. The molecular formula is C12H26NO7P. The first kappa shape index (κ1) is 20.5. The molecule has 0 fully saturated rings. The summed E-state index contributed by atoms with van der Waals surface area (Å²) in [5.74, 6) is -0.0799. The summed E-state index contributed by atoms with van der Waals surface area (Å²) in [5, 5.41) is 2.61. The van der Waals surface area contributed by atoms with Gasteiger partial charge >= 0.3 is 7.60 Å². The Kier molecular flexibility index (Phi) is 12.9. The molecular weight excluding hydrogens is 301 g/mol. The average molecular weight is 327 g/mol. The number of amides is 1. The molecule has 0 aromatic rings. The smallest absolute Gasteiger partial charge is 0.330 e. The van der Waals surface area contributed by atoms with Gasteiger partial charge in [-0.15, -0.1) is 0 Å². The van der Waals surface area contributed by atoms with E-state index in [1.807, 2.05) is 0 Å². The van der Waals surface area contributed by atoms with E-state index in [9.17, 15) is 14.3 Å². The molecule has 0 bridgehead atoms. The first-order chi connectivity index (χ1) is 9.98. The minimum atomic E-state index is -3.49. The van der Waals surface area contributed by atoms with E-state index in [4.69, 9.17) is 18.7 Å². The van der Waals surface area contributed by atoms with Crippen LogP contribution >= 0.6 is 7.60 Å². The van der Waals surface area contributed by atoms with E-state index in [0.29, 0.717) is 39.6 Å². The molecule has 2 N–H and O–H groups in total. The topological polar surface area (TPSA) is 103 Å². The molecule has 1 atom stereocenters. The molecule has 0 heterocycles. The monoisotopic (exact) mass is 327 g/mol. The number of hydrogen-bond donors (Lipinski definition) is 2. The lowest BCUT2D eigenvalue weighted by molar-refractivity contribution is -0.119. The number of hydrogen-bond acceptors (Lipinski definition) is 6. The lowest BCUT2D eigenvalue weighted by Gasteiger charge is -2.11. The highest BCUT2D eigenvalue weighted by Gasteiger charge is 2.17. The van der Waals surface area contributed by atoms with Crippen LogP contribution in [0.5, 0.6) is 0 Å². The van der Waals surface area contributed by atoms with Gasteiger partial charge in [0.05, 0.1) is 52.4 Å². The van der Waals surface area contributed by atoms with Crippen LogP contribution in [-0.4, -0.2) is 69.8 Å². The van der Waals surface area contributed by atoms with Gasteiger partial charge in [-0.2, -0.15) is 0 Å². The zero-order valence-corrected chi connectivity index (χ0v) is 13.6. The van der Waals surface area contributed by atoms with Crippen LogP contribution in [0.2, 0.25) is 0 Å². The number of rotatable bonds is 14. The van der Waals surface area contributed by atoms with Gasteiger partial charge in [-0.1, -0.05) is 0 Å². The van der Waals surface area contributed by atoms with Crippen LogP contribution in [0.25, 0.3) is 0 Å². The minimum absolute atomic E-state index is 0.0207. The quantitative estimate of drug-likeness (QED) is 0.351. The Labute approximate surface area is 125 Å². The first-order valence-corrected chi connectivity index (χ1v) is 8.68. The minimum Gasteiger partial charge on any atom is -0.378 e. The van der Waals surface area contributed by atoms with Crippen LogP contribution in [0.4, 0.5) is 0 Å². The molecule has 0 rings (SSSR count). The van der Waals surface area contributed by atoms with Crippen molar-refractivity contribution in [1.29, 1.82) is 0 Å². The lowest BCUT2D eigenvalue weighted by Crippen LogP contribution is -2.25. The summed E-state index contributed by atoms with van der Waals surface area (Å²) in [6.45, 7) is 6.02. The summed E-state index contributed by atoms with van der Waals surface area (Å²) >= 11 is 0. The molecule has 1 unspecified atom stereocenters. The second kappa shape index (κ2) is 13.2. The molecule has 9 heteroatoms. The Morgan fingerprint density at radius 3 is 2.10 bits per heavy atom. The van der Waals surface area contributed by atoms with Gasteiger partial charge < -0.3 is 28.9 Å². The van der Waals surface area contributed by atoms with Gasteiger partial charge in [0.2, 0.25) is 5.91 Å². The SMILES string of the molecule is CCOP(=O)(O)CCOCCOCCOCCNC(C)=O. The van der Waals surface area contributed by atoms with Crippen LogP contribution in [0.3, 0.4) is 0 Å². The van der Waals surface area contributed by atoms with Gasteiger partial charge in [0.1, 0.15) is 0 Å². The Morgan fingerprint density at radius 1 is 1.05 bits per heavy atom. The predicted molar refractivity (Wildman–Crippen MR) is 77.5 cm³/mol. The van der Waals surface area contributed by atoms with Crippen molar-refractivity contribution in [2.45, 2.75) is 13.8 Å². The molecule has 0 aliphatic carbocycles. The highest BCUT2D eigenvalue weighted by Crippen LogP contribution is 2.40. The molecule has 0 aromatic heterocycles. The van der Waals surface area contributed by atoms with Crippen molar-refractivity contribution in [3.63, 3.8) is 0 Å². The van der Waals surface area contributed by atoms with Crippen molar-refractivity contribution in [3.8, 4) is 0 Å². The highest BCUT2D eigenvalue weighted by atomic mass is 31.2. The Balaban J connectivity index is 3.19. The summed E-state index contributed by atoms with van der Waals surface area (Å²) in [5.41, 5.74) is 0. The van der Waals surface area contributed by atoms with E-state index in [1.54, 1.807) is 6.92 Å². The Bertz CT molecular complexity index is 314. The van der Waals surface area contributed by atoms with Crippen LogP contribution in [0.15, 0.2) is 0 Å². The average Bonchev–Trinajstić information content (AvgIpc) is 2.39. The van der Waals surface area contributed by atoms with Crippen molar-refractivity contribution in [1.82, 2.24) is 5.32 Å². The van der Waals surface area contributed by atoms with Crippen molar-refractivity contribution < 1.29 is 33.0 Å². The molecule has 0 spiro atoms. The standard InChI is InChI=1S/C12H26NO7P/c1-3-20-21(15,16)11-10-19-9-8-18-7-6-17-5-4-13-12(2)14/h3-11H2,1-2H3,(H,13,14)(H,15,16). The summed E-state index contributed by atoms with van der Waals surface area (Å²) in [7, 11) is -3.49. The van der Waals surface area contributed by atoms with Gasteiger partial charge in [0.15, 0.2) is 0 Å². The summed E-state index contributed by atoms with van der Waals surface area (Å²) in [6.07, 6.45) is -0.0207. The van der Waals surface area contributed by atoms with Crippen LogP contribution in [0.1, 0.15) is 13.8 Å². The molecule has 0 aliphatic heterocycles. The molecule has 0 aliphatic rings. The second-order valence-electron chi connectivity index (χ2n) is 4.10. The van der Waals surface area contributed by atoms with E-state index < -0.39 is 7.60 Å². The Morgan fingerprint density at radius 2 is 1.57 bits per heavy atom. The number of ether oxygens (including phenoxy) is 3. The molecule has 126 valence electrons. The number of nitrogens with one attached hydrogen (secondary N) is 1. The zero-order chi connectivity index (χ0) is 16.0. The van der Waals surface area contributed by atoms with Crippen LogP contribution in [-0.2, 0) is 28.1 Å². The van der Waals surface area contributed by atoms with Crippen molar-refractivity contribution in [2.24, 2.45) is 0 Å². The molecule has 8 nitrogen and oxygen atoms in total. The maximum absolute atomic E-state index is 11.3. The molecule has 0 saturated heterocycles. The van der Waals surface area contributed by atoms with Gasteiger partial charge in [-0.3, -0.25) is 9.36 Å². The van der Waals surface area contributed by atoms with E-state index in [2.05, 4.69) is 5.32 Å². The summed E-state index contributed by atoms with van der Waals surface area (Å²) in [6, 6.07) is 0. The van der Waals surface area contributed by atoms with Crippen molar-refractivity contribution >= 4 is 13.5 Å². The van der Waals surface area contributed by atoms with Gasteiger partial charge in [0.25, 0.3) is 0 Å². The van der Waals surface area contributed by atoms with Crippen LogP contribution < -0.4 is 5.32 Å². The molecule has 1 amide bonds. The van der Waals surface area contributed by atoms with E-state index in [1.165, 1.54) is 6.92 Å². The third-order valence-corrected chi connectivity index (χ3v) is 3.62. The fourth-order valence-corrected chi connectivity index (χ4v) is 2.18. The van der Waals surface area contributed by atoms with Gasteiger partial charge in [-0.05, 0) is 6.92 Å². The predicted octanol–water partition coefficient (Wildman–Crippen LogP) is 0.394. The first-order valence-electron chi connectivity index (χ1n) is 6.92. The van der Waals surface area contributed by atoms with Crippen molar-refractivity contribution in [3.05, 3.63) is 0 Å². The lowest BCUT2D eigenvalue weighted by atomic mass is 10.6. The summed E-state index contributed by atoms with van der Waals surface area (Å²) < 4.78 is 31.6. The molecule has 0 saturated carbocycles. The van der Waals surface area contributed by atoms with Crippen molar-refractivity contribution in [2.75, 3.05) is 59.0 Å². The largest absolute Gasteiger partial charge is 0.378 e. The highest BCUT2D eigenvalue weighted by molar-refractivity contribution is 7.52. The maximum Gasteiger partial charge on any atom is 0.330 e. The van der Waals surface area contributed by atoms with E-state index >= 15 is 0 Å². The normalized spacial score (nSPS) is 13.9. The van der Waals surface area contributed by atoms with Gasteiger partial charge in [-0.25, -0.2) is 0 Å². The molecule has 21 heavy (non-hydrogen) atoms. The third kappa shape index (κ3) is 15.7. The number of carbonyl (C=O) groups excluding carboxylic acids is 1. The van der Waals surface area contributed by atoms with E-state index in [-0.39, 0.29) is 25.3 Å². The third-order valence-electron chi connectivity index (χ3n) is 2.21. The zero-order valence-electron chi connectivity index (χ0n) is 12.7. The van der Waals surface area contributed by atoms with Crippen LogP contribution in [0, 0.1) is 0 Å². The molecule has 0 aromatic carbocycles.